The van der Waals surface area contributed by atoms with E-state index in [9.17, 15) is 0 Å². The van der Waals surface area contributed by atoms with Crippen molar-refractivity contribution in [2.45, 2.75) is 25.4 Å². The summed E-state index contributed by atoms with van der Waals surface area (Å²) < 4.78 is 0. The molecule has 4 rings (SSSR count). The summed E-state index contributed by atoms with van der Waals surface area (Å²) in [7, 11) is 0. The van der Waals surface area contributed by atoms with Crippen LogP contribution in [0.25, 0.3) is 0 Å². The van der Waals surface area contributed by atoms with Crippen LogP contribution in [0.3, 0.4) is 0 Å². The van der Waals surface area contributed by atoms with Gasteiger partial charge in [0.15, 0.2) is 0 Å². The fraction of sp³-hybridized carbons (Fsp3) is 0.267. The lowest BCUT2D eigenvalue weighted by atomic mass is 10.2. The van der Waals surface area contributed by atoms with Crippen molar-refractivity contribution in [3.63, 3.8) is 0 Å². The second kappa shape index (κ2) is 3.73. The molecule has 0 spiro atoms. The number of anilines is 2. The van der Waals surface area contributed by atoms with E-state index >= 15 is 0 Å². The summed E-state index contributed by atoms with van der Waals surface area (Å²) in [5.41, 5.74) is 3.96. The maximum atomic E-state index is 4.24. The van der Waals surface area contributed by atoms with Crippen molar-refractivity contribution in [3.8, 4) is 0 Å². The maximum absolute atomic E-state index is 4.24. The van der Waals surface area contributed by atoms with Gasteiger partial charge in [-0.15, -0.1) is 0 Å². The molecule has 1 aliphatic heterocycles. The predicted molar refractivity (Wildman–Crippen MR) is 72.4 cm³/mol. The summed E-state index contributed by atoms with van der Waals surface area (Å²) in [5.74, 6) is 0. The van der Waals surface area contributed by atoms with E-state index in [1.54, 1.807) is 0 Å². The van der Waals surface area contributed by atoms with E-state index in [4.69, 9.17) is 0 Å². The van der Waals surface area contributed by atoms with Crippen LogP contribution in [0, 0.1) is 0 Å². The van der Waals surface area contributed by atoms with Crippen LogP contribution in [0.15, 0.2) is 48.8 Å². The zero-order valence-electron chi connectivity index (χ0n) is 10.2. The lowest BCUT2D eigenvalue weighted by Gasteiger charge is -2.31. The Morgan fingerprint density at radius 1 is 1.06 bits per heavy atom. The van der Waals surface area contributed by atoms with Crippen LogP contribution in [-0.4, -0.2) is 11.0 Å². The van der Waals surface area contributed by atoms with Gasteiger partial charge in [-0.3, -0.25) is 15.0 Å². The normalized spacial score (nSPS) is 18.0. The van der Waals surface area contributed by atoms with Gasteiger partial charge in [0.2, 0.25) is 0 Å². The molecule has 3 nitrogen and oxygen atoms in total. The first kappa shape index (κ1) is 9.95. The molecule has 0 N–H and O–H groups in total. The topological polar surface area (TPSA) is 19.4 Å². The number of hydrogen-bond donors (Lipinski definition) is 0. The van der Waals surface area contributed by atoms with Gasteiger partial charge < -0.3 is 0 Å². The summed E-state index contributed by atoms with van der Waals surface area (Å²) in [6.07, 6.45) is 6.37. The van der Waals surface area contributed by atoms with Gasteiger partial charge in [0.25, 0.3) is 0 Å². The molecule has 3 heteroatoms. The molecule has 18 heavy (non-hydrogen) atoms. The van der Waals surface area contributed by atoms with Gasteiger partial charge in [-0.1, -0.05) is 18.2 Å². The molecule has 1 fully saturated rings. The largest absolute Gasteiger partial charge is 0.282 e. The molecule has 0 radical (unpaired) electrons. The third-order valence-corrected chi connectivity index (χ3v) is 3.66. The third-order valence-electron chi connectivity index (χ3n) is 3.66. The minimum absolute atomic E-state index is 0.675. The standard InChI is InChI=1S/C15H15N3/c1-2-6-15-12(4-1)11-17(18(15)13-7-8-13)14-5-3-9-16-10-14/h1-6,9-10,13H,7-8,11H2. The number of nitrogens with zero attached hydrogens (tertiary/aromatic N) is 3. The molecule has 2 aromatic rings. The number of benzene rings is 1. The first-order chi connectivity index (χ1) is 8.93. The molecule has 1 saturated carbocycles. The SMILES string of the molecule is c1cncc(N2Cc3ccccc3N2C2CC2)c1. The molecule has 2 aliphatic rings. The van der Waals surface area contributed by atoms with Crippen LogP contribution in [0.2, 0.25) is 0 Å². The summed E-state index contributed by atoms with van der Waals surface area (Å²) in [4.78, 5) is 4.24. The molecule has 0 unspecified atom stereocenters. The average Bonchev–Trinajstić information content (AvgIpc) is 3.19. The first-order valence-electron chi connectivity index (χ1n) is 6.48. The lowest BCUT2D eigenvalue weighted by molar-refractivity contribution is 0.753. The number of aromatic nitrogens is 1. The number of pyridine rings is 1. The van der Waals surface area contributed by atoms with E-state index in [0.29, 0.717) is 6.04 Å². The Morgan fingerprint density at radius 3 is 2.72 bits per heavy atom. The first-order valence-corrected chi connectivity index (χ1v) is 6.48. The van der Waals surface area contributed by atoms with Gasteiger partial charge in [-0.05, 0) is 36.6 Å². The number of hydrazine groups is 1. The maximum Gasteiger partial charge on any atom is 0.0761 e. The van der Waals surface area contributed by atoms with Gasteiger partial charge in [-0.2, -0.15) is 0 Å². The highest BCUT2D eigenvalue weighted by Crippen LogP contribution is 2.41. The van der Waals surface area contributed by atoms with Crippen LogP contribution in [0.5, 0.6) is 0 Å². The molecule has 90 valence electrons. The van der Waals surface area contributed by atoms with E-state index < -0.39 is 0 Å². The Labute approximate surface area is 107 Å². The molecule has 1 aromatic carbocycles. The van der Waals surface area contributed by atoms with E-state index in [0.717, 1.165) is 6.54 Å². The lowest BCUT2D eigenvalue weighted by Crippen LogP contribution is -2.39. The van der Waals surface area contributed by atoms with Crippen LogP contribution < -0.4 is 10.0 Å². The van der Waals surface area contributed by atoms with Crippen LogP contribution in [0.1, 0.15) is 18.4 Å². The highest BCUT2D eigenvalue weighted by molar-refractivity contribution is 5.67. The van der Waals surface area contributed by atoms with Crippen molar-refractivity contribution < 1.29 is 0 Å². The van der Waals surface area contributed by atoms with Gasteiger partial charge in [0.05, 0.1) is 30.2 Å². The van der Waals surface area contributed by atoms with E-state index in [2.05, 4.69) is 45.3 Å². The van der Waals surface area contributed by atoms with Gasteiger partial charge >= 0.3 is 0 Å². The molecule has 0 saturated heterocycles. The molecular weight excluding hydrogens is 222 g/mol. The molecule has 1 aromatic heterocycles. The average molecular weight is 237 g/mol. The summed E-state index contributed by atoms with van der Waals surface area (Å²) in [6.45, 7) is 0.957. The number of fused-ring (bicyclic) bond motifs is 1. The fourth-order valence-corrected chi connectivity index (χ4v) is 2.67. The number of hydrogen-bond acceptors (Lipinski definition) is 3. The fourth-order valence-electron chi connectivity index (χ4n) is 2.67. The monoisotopic (exact) mass is 237 g/mol. The highest BCUT2D eigenvalue weighted by atomic mass is 15.7. The van der Waals surface area contributed by atoms with Crippen molar-refractivity contribution >= 4 is 11.4 Å². The van der Waals surface area contributed by atoms with Crippen LogP contribution in [-0.2, 0) is 6.54 Å². The zero-order chi connectivity index (χ0) is 11.9. The minimum atomic E-state index is 0.675. The second-order valence-corrected chi connectivity index (χ2v) is 4.97. The van der Waals surface area contributed by atoms with Gasteiger partial charge in [0, 0.05) is 6.20 Å². The Balaban J connectivity index is 1.78. The van der Waals surface area contributed by atoms with Crippen molar-refractivity contribution in [2.24, 2.45) is 0 Å². The smallest absolute Gasteiger partial charge is 0.0761 e. The third kappa shape index (κ3) is 1.47. The summed E-state index contributed by atoms with van der Waals surface area (Å²) >= 11 is 0. The van der Waals surface area contributed by atoms with Crippen LogP contribution >= 0.6 is 0 Å². The highest BCUT2D eigenvalue weighted by Gasteiger charge is 2.38. The summed E-state index contributed by atoms with van der Waals surface area (Å²) in [6, 6.07) is 13.5. The van der Waals surface area contributed by atoms with Gasteiger partial charge in [-0.25, -0.2) is 0 Å². The van der Waals surface area contributed by atoms with E-state index in [1.165, 1.54) is 29.8 Å². The Kier molecular flexibility index (Phi) is 2.06. The Bertz CT molecular complexity index is 563. The second-order valence-electron chi connectivity index (χ2n) is 4.97. The van der Waals surface area contributed by atoms with Crippen molar-refractivity contribution in [2.75, 3.05) is 10.0 Å². The molecule has 2 heterocycles. The van der Waals surface area contributed by atoms with Gasteiger partial charge in [0.1, 0.15) is 0 Å². The molecule has 0 bridgehead atoms. The van der Waals surface area contributed by atoms with E-state index in [-0.39, 0.29) is 0 Å². The van der Waals surface area contributed by atoms with Crippen LogP contribution in [0.4, 0.5) is 11.4 Å². The molecule has 1 aliphatic carbocycles. The molecule has 0 amide bonds. The van der Waals surface area contributed by atoms with Crippen molar-refractivity contribution in [3.05, 3.63) is 54.4 Å². The van der Waals surface area contributed by atoms with E-state index in [1.807, 2.05) is 18.5 Å². The minimum Gasteiger partial charge on any atom is -0.282 e. The summed E-state index contributed by atoms with van der Waals surface area (Å²) in [5, 5.41) is 4.81. The van der Waals surface area contributed by atoms with Crippen molar-refractivity contribution in [1.29, 1.82) is 0 Å². The number of rotatable bonds is 2. The number of para-hydroxylation sites is 1. The molecular formula is C15H15N3. The van der Waals surface area contributed by atoms with Crippen molar-refractivity contribution in [1.82, 2.24) is 4.98 Å². The Morgan fingerprint density at radius 2 is 1.94 bits per heavy atom. The Hall–Kier alpha value is -2.03. The quantitative estimate of drug-likeness (QED) is 0.800. The zero-order valence-corrected chi connectivity index (χ0v) is 10.2. The molecule has 0 atom stereocenters. The predicted octanol–water partition coefficient (Wildman–Crippen LogP) is 2.99.